The molecule has 0 saturated carbocycles. The Morgan fingerprint density at radius 1 is 1.47 bits per heavy atom. The van der Waals surface area contributed by atoms with Crippen LogP contribution >= 0.6 is 11.3 Å². The molecule has 0 spiro atoms. The lowest BCUT2D eigenvalue weighted by atomic mass is 10.0. The zero-order chi connectivity index (χ0) is 11.7. The van der Waals surface area contributed by atoms with Crippen molar-refractivity contribution in [3.8, 4) is 0 Å². The van der Waals surface area contributed by atoms with E-state index in [2.05, 4.69) is 4.98 Å². The maximum atomic E-state index is 12.6. The summed E-state index contributed by atoms with van der Waals surface area (Å²) in [6.07, 6.45) is -5.26. The molecule has 0 saturated heterocycles. The number of aromatic nitrogens is 1. The van der Waals surface area contributed by atoms with E-state index in [4.69, 9.17) is 5.11 Å². The van der Waals surface area contributed by atoms with E-state index in [1.807, 2.05) is 0 Å². The summed E-state index contributed by atoms with van der Waals surface area (Å²) in [5.74, 6) is 0. The fourth-order valence-corrected chi connectivity index (χ4v) is 2.04. The van der Waals surface area contributed by atoms with Crippen molar-refractivity contribution in [1.82, 2.24) is 4.98 Å². The summed E-state index contributed by atoms with van der Waals surface area (Å²) < 4.78 is 37.7. The Morgan fingerprint density at radius 2 is 2.07 bits per heavy atom. The van der Waals surface area contributed by atoms with Gasteiger partial charge in [0, 0.05) is 5.38 Å². The lowest BCUT2D eigenvalue weighted by molar-refractivity contribution is -0.267. The summed E-state index contributed by atoms with van der Waals surface area (Å²) in [6.45, 7) is 0.793. The van der Waals surface area contributed by atoms with E-state index in [0.29, 0.717) is 11.3 Å². The van der Waals surface area contributed by atoms with E-state index in [0.717, 1.165) is 0 Å². The van der Waals surface area contributed by atoms with Crippen LogP contribution in [0.3, 0.4) is 0 Å². The molecule has 1 rings (SSSR count). The molecule has 1 unspecified atom stereocenters. The minimum Gasteiger partial charge on any atom is -0.390 e. The van der Waals surface area contributed by atoms with Gasteiger partial charge in [0.15, 0.2) is 0 Å². The van der Waals surface area contributed by atoms with Crippen LogP contribution in [-0.4, -0.2) is 21.4 Å². The molecule has 1 heterocycles. The van der Waals surface area contributed by atoms with Gasteiger partial charge in [0.2, 0.25) is 5.60 Å². The van der Waals surface area contributed by atoms with Crippen molar-refractivity contribution in [1.29, 1.82) is 0 Å². The van der Waals surface area contributed by atoms with Gasteiger partial charge in [-0.2, -0.15) is 13.2 Å². The highest BCUT2D eigenvalue weighted by Gasteiger charge is 2.55. The van der Waals surface area contributed by atoms with Gasteiger partial charge in [-0.05, 0) is 6.42 Å². The molecule has 0 amide bonds. The molecule has 7 heteroatoms. The number of hydrogen-bond acceptors (Lipinski definition) is 4. The largest absolute Gasteiger partial charge is 0.423 e. The Bertz CT molecular complexity index is 339. The maximum absolute atomic E-state index is 12.6. The predicted octanol–water partition coefficient (Wildman–Crippen LogP) is 1.80. The zero-order valence-corrected chi connectivity index (χ0v) is 8.69. The van der Waals surface area contributed by atoms with Crippen LogP contribution in [0.1, 0.15) is 24.0 Å². The number of aliphatic hydroxyl groups excluding tert-OH is 1. The molecule has 0 bridgehead atoms. The van der Waals surface area contributed by atoms with Crippen molar-refractivity contribution in [3.05, 3.63) is 16.1 Å². The van der Waals surface area contributed by atoms with Crippen molar-refractivity contribution in [3.63, 3.8) is 0 Å². The zero-order valence-electron chi connectivity index (χ0n) is 7.88. The second kappa shape index (κ2) is 4.07. The molecule has 2 N–H and O–H groups in total. The topological polar surface area (TPSA) is 53.4 Å². The smallest absolute Gasteiger partial charge is 0.390 e. The molecule has 0 fully saturated rings. The monoisotopic (exact) mass is 241 g/mol. The molecule has 15 heavy (non-hydrogen) atoms. The van der Waals surface area contributed by atoms with Gasteiger partial charge in [0.25, 0.3) is 0 Å². The van der Waals surface area contributed by atoms with Crippen molar-refractivity contribution in [2.45, 2.75) is 31.7 Å². The van der Waals surface area contributed by atoms with Gasteiger partial charge in [-0.25, -0.2) is 4.98 Å². The Balaban J connectivity index is 3.11. The molecule has 1 atom stereocenters. The summed E-state index contributed by atoms with van der Waals surface area (Å²) in [6, 6.07) is 0. The van der Waals surface area contributed by atoms with Crippen LogP contribution < -0.4 is 0 Å². The molecular weight excluding hydrogens is 231 g/mol. The van der Waals surface area contributed by atoms with Gasteiger partial charge in [0.05, 0.1) is 12.3 Å². The van der Waals surface area contributed by atoms with Crippen molar-refractivity contribution >= 4 is 11.3 Å². The molecule has 86 valence electrons. The molecule has 0 aliphatic carbocycles. The third-order valence-electron chi connectivity index (χ3n) is 2.05. The number of rotatable bonds is 3. The highest BCUT2D eigenvalue weighted by molar-refractivity contribution is 7.09. The number of hydrogen-bond donors (Lipinski definition) is 2. The third-order valence-corrected chi connectivity index (χ3v) is 3.09. The van der Waals surface area contributed by atoms with Gasteiger partial charge in [-0.15, -0.1) is 11.3 Å². The number of halogens is 3. The van der Waals surface area contributed by atoms with E-state index < -0.39 is 29.8 Å². The predicted molar refractivity (Wildman–Crippen MR) is 48.3 cm³/mol. The fraction of sp³-hybridized carbons (Fsp3) is 0.625. The fourth-order valence-electron chi connectivity index (χ4n) is 1.04. The Hall–Kier alpha value is -0.660. The average Bonchev–Trinajstić information content (AvgIpc) is 2.63. The van der Waals surface area contributed by atoms with Crippen LogP contribution in [0.5, 0.6) is 0 Å². The third kappa shape index (κ3) is 2.14. The normalized spacial score (nSPS) is 16.4. The van der Waals surface area contributed by atoms with E-state index in [1.54, 1.807) is 0 Å². The minimum absolute atomic E-state index is 0.131. The molecule has 0 radical (unpaired) electrons. The summed E-state index contributed by atoms with van der Waals surface area (Å²) >= 11 is 0.691. The lowest BCUT2D eigenvalue weighted by Crippen LogP contribution is -2.41. The average molecular weight is 241 g/mol. The molecular formula is C8H10F3NO2S. The van der Waals surface area contributed by atoms with Crippen LogP contribution in [-0.2, 0) is 12.2 Å². The molecule has 3 nitrogen and oxygen atoms in total. The minimum atomic E-state index is -4.76. The highest BCUT2D eigenvalue weighted by atomic mass is 32.1. The first-order valence-electron chi connectivity index (χ1n) is 4.20. The van der Waals surface area contributed by atoms with Crippen LogP contribution in [0.2, 0.25) is 0 Å². The summed E-state index contributed by atoms with van der Waals surface area (Å²) in [7, 11) is 0. The first-order valence-corrected chi connectivity index (χ1v) is 5.08. The second-order valence-corrected chi connectivity index (χ2v) is 3.87. The summed E-state index contributed by atoms with van der Waals surface area (Å²) in [5.41, 5.74) is -2.78. The van der Waals surface area contributed by atoms with Gasteiger partial charge in [-0.1, -0.05) is 6.92 Å². The number of aliphatic hydroxyl groups is 2. The Kier molecular flexibility index (Phi) is 3.37. The number of nitrogens with zero attached hydrogens (tertiary/aromatic N) is 1. The first-order chi connectivity index (χ1) is 6.85. The van der Waals surface area contributed by atoms with Crippen LogP contribution in [0.15, 0.2) is 5.38 Å². The standard InChI is InChI=1S/C8H10F3NO2S/c1-2-7(14,8(9,10)11)6-12-5(3-13)4-15-6/h4,13-14H,2-3H2,1H3. The molecule has 0 aliphatic rings. The van der Waals surface area contributed by atoms with E-state index in [-0.39, 0.29) is 5.69 Å². The molecule has 1 aromatic heterocycles. The van der Waals surface area contributed by atoms with Crippen molar-refractivity contribution in [2.75, 3.05) is 0 Å². The van der Waals surface area contributed by atoms with Gasteiger partial charge < -0.3 is 10.2 Å². The van der Waals surface area contributed by atoms with E-state index >= 15 is 0 Å². The van der Waals surface area contributed by atoms with Gasteiger partial charge >= 0.3 is 6.18 Å². The SMILES string of the molecule is CCC(O)(c1nc(CO)cs1)C(F)(F)F. The maximum Gasteiger partial charge on any atom is 0.423 e. The number of thiazole rings is 1. The van der Waals surface area contributed by atoms with Gasteiger partial charge in [0.1, 0.15) is 5.01 Å². The van der Waals surface area contributed by atoms with Crippen LogP contribution in [0.25, 0.3) is 0 Å². The molecule has 0 aliphatic heterocycles. The Morgan fingerprint density at radius 3 is 2.40 bits per heavy atom. The first kappa shape index (κ1) is 12.4. The number of alkyl halides is 3. The molecule has 1 aromatic rings. The second-order valence-electron chi connectivity index (χ2n) is 3.01. The van der Waals surface area contributed by atoms with Gasteiger partial charge in [-0.3, -0.25) is 0 Å². The van der Waals surface area contributed by atoms with Crippen LogP contribution in [0, 0.1) is 0 Å². The molecule has 0 aromatic carbocycles. The highest BCUT2D eigenvalue weighted by Crippen LogP contribution is 2.42. The van der Waals surface area contributed by atoms with Crippen molar-refractivity contribution in [2.24, 2.45) is 0 Å². The lowest BCUT2D eigenvalue weighted by Gasteiger charge is -2.26. The summed E-state index contributed by atoms with van der Waals surface area (Å²) in [4.78, 5) is 3.54. The quantitative estimate of drug-likeness (QED) is 0.848. The Labute approximate surface area is 88.2 Å². The van der Waals surface area contributed by atoms with Crippen LogP contribution in [0.4, 0.5) is 13.2 Å². The summed E-state index contributed by atoms with van der Waals surface area (Å²) in [5, 5.41) is 19.0. The van der Waals surface area contributed by atoms with E-state index in [9.17, 15) is 18.3 Å². The van der Waals surface area contributed by atoms with E-state index in [1.165, 1.54) is 12.3 Å². The van der Waals surface area contributed by atoms with Crippen molar-refractivity contribution < 1.29 is 23.4 Å².